The number of hydrogen-bond donors (Lipinski definition) is 2. The van der Waals surface area contributed by atoms with Gasteiger partial charge in [-0.1, -0.05) is 11.6 Å². The molecule has 16 heavy (non-hydrogen) atoms. The summed E-state index contributed by atoms with van der Waals surface area (Å²) in [6.45, 7) is 3.45. The lowest BCUT2D eigenvalue weighted by Gasteiger charge is -2.22. The Morgan fingerprint density at radius 3 is 2.50 bits per heavy atom. The summed E-state index contributed by atoms with van der Waals surface area (Å²) in [5, 5.41) is 5.69. The van der Waals surface area contributed by atoms with Crippen LogP contribution in [0, 0.1) is 5.82 Å². The Labute approximate surface area is 99.0 Å². The lowest BCUT2D eigenvalue weighted by molar-refractivity contribution is -0.121. The summed E-state index contributed by atoms with van der Waals surface area (Å²) in [5.41, 5.74) is -0.378. The second kappa shape index (κ2) is 4.80. The van der Waals surface area contributed by atoms with Gasteiger partial charge in [0.1, 0.15) is 5.82 Å². The van der Waals surface area contributed by atoms with Gasteiger partial charge in [0.25, 0.3) is 0 Å². The molecule has 0 radical (unpaired) electrons. The van der Waals surface area contributed by atoms with Crippen LogP contribution in [-0.2, 0) is 4.79 Å². The minimum absolute atomic E-state index is 0.248. The molecule has 0 aliphatic rings. The summed E-state index contributed by atoms with van der Waals surface area (Å²) in [5.74, 6) is -0.735. The standard InChI is InChI=1S/C11H14ClFN2O/c1-11(2,14-3)10(16)15-9-5-7(12)4-8(13)6-9/h4-6,14H,1-3H3,(H,15,16). The number of rotatable bonds is 3. The number of carbonyl (C=O) groups is 1. The number of amides is 1. The Hall–Kier alpha value is -1.13. The van der Waals surface area contributed by atoms with Gasteiger partial charge in [-0.2, -0.15) is 0 Å². The number of benzene rings is 1. The van der Waals surface area contributed by atoms with Crippen molar-refractivity contribution in [1.82, 2.24) is 5.32 Å². The van der Waals surface area contributed by atoms with Crippen LogP contribution < -0.4 is 10.6 Å². The molecule has 0 aliphatic carbocycles. The molecule has 0 fully saturated rings. The van der Waals surface area contributed by atoms with E-state index in [4.69, 9.17) is 11.6 Å². The van der Waals surface area contributed by atoms with E-state index in [-0.39, 0.29) is 10.9 Å². The normalized spacial score (nSPS) is 11.3. The zero-order valence-corrected chi connectivity index (χ0v) is 10.2. The average molecular weight is 245 g/mol. The van der Waals surface area contributed by atoms with E-state index in [0.717, 1.165) is 0 Å². The van der Waals surface area contributed by atoms with Gasteiger partial charge in [-0.3, -0.25) is 4.79 Å². The van der Waals surface area contributed by atoms with Gasteiger partial charge >= 0.3 is 0 Å². The molecule has 0 aliphatic heterocycles. The van der Waals surface area contributed by atoms with E-state index in [1.807, 2.05) is 0 Å². The minimum atomic E-state index is -0.723. The maximum Gasteiger partial charge on any atom is 0.244 e. The molecule has 0 saturated heterocycles. The van der Waals surface area contributed by atoms with Crippen LogP contribution in [0.5, 0.6) is 0 Å². The highest BCUT2D eigenvalue weighted by Gasteiger charge is 2.25. The SMILES string of the molecule is CNC(C)(C)C(=O)Nc1cc(F)cc(Cl)c1. The molecule has 1 amide bonds. The van der Waals surface area contributed by atoms with Gasteiger partial charge in [0.15, 0.2) is 0 Å². The monoisotopic (exact) mass is 244 g/mol. The van der Waals surface area contributed by atoms with Crippen LogP contribution in [0.25, 0.3) is 0 Å². The molecule has 88 valence electrons. The van der Waals surface area contributed by atoms with Crippen molar-refractivity contribution in [3.8, 4) is 0 Å². The smallest absolute Gasteiger partial charge is 0.244 e. The van der Waals surface area contributed by atoms with Crippen molar-refractivity contribution in [3.63, 3.8) is 0 Å². The zero-order chi connectivity index (χ0) is 12.3. The predicted octanol–water partition coefficient (Wildman–Crippen LogP) is 2.42. The number of nitrogens with one attached hydrogen (secondary N) is 2. The molecule has 2 N–H and O–H groups in total. The summed E-state index contributed by atoms with van der Waals surface area (Å²) in [7, 11) is 1.68. The molecule has 0 spiro atoms. The third-order valence-electron chi connectivity index (χ3n) is 2.31. The van der Waals surface area contributed by atoms with E-state index in [1.54, 1.807) is 20.9 Å². The lowest BCUT2D eigenvalue weighted by Crippen LogP contribution is -2.47. The first-order valence-corrected chi connectivity index (χ1v) is 5.19. The molecular weight excluding hydrogens is 231 g/mol. The number of halogens is 2. The summed E-state index contributed by atoms with van der Waals surface area (Å²) in [4.78, 5) is 11.7. The Morgan fingerprint density at radius 2 is 2.00 bits per heavy atom. The average Bonchev–Trinajstić information content (AvgIpc) is 2.15. The lowest BCUT2D eigenvalue weighted by atomic mass is 10.1. The fraction of sp³-hybridized carbons (Fsp3) is 0.364. The molecule has 1 rings (SSSR count). The van der Waals surface area contributed by atoms with E-state index in [1.165, 1.54) is 18.2 Å². The van der Waals surface area contributed by atoms with Crippen LogP contribution in [0.3, 0.4) is 0 Å². The molecule has 0 heterocycles. The summed E-state index contributed by atoms with van der Waals surface area (Å²) < 4.78 is 13.0. The minimum Gasteiger partial charge on any atom is -0.324 e. The van der Waals surface area contributed by atoms with Gasteiger partial charge in [-0.15, -0.1) is 0 Å². The van der Waals surface area contributed by atoms with Gasteiger partial charge in [0.05, 0.1) is 5.54 Å². The van der Waals surface area contributed by atoms with Crippen LogP contribution in [-0.4, -0.2) is 18.5 Å². The maximum atomic E-state index is 13.0. The van der Waals surface area contributed by atoms with Crippen molar-refractivity contribution in [2.24, 2.45) is 0 Å². The number of likely N-dealkylation sites (N-methyl/N-ethyl adjacent to an activating group) is 1. The maximum absolute atomic E-state index is 13.0. The van der Waals surface area contributed by atoms with Crippen LogP contribution >= 0.6 is 11.6 Å². The first kappa shape index (κ1) is 12.9. The molecule has 0 saturated carbocycles. The van der Waals surface area contributed by atoms with Gasteiger partial charge in [-0.25, -0.2) is 4.39 Å². The van der Waals surface area contributed by atoms with Crippen LogP contribution in [0.4, 0.5) is 10.1 Å². The van der Waals surface area contributed by atoms with Crippen molar-refractivity contribution in [1.29, 1.82) is 0 Å². The van der Waals surface area contributed by atoms with E-state index >= 15 is 0 Å². The second-order valence-corrected chi connectivity index (χ2v) is 4.42. The Balaban J connectivity index is 2.85. The summed E-state index contributed by atoms with van der Waals surface area (Å²) >= 11 is 5.67. The fourth-order valence-corrected chi connectivity index (χ4v) is 1.25. The van der Waals surface area contributed by atoms with Gasteiger partial charge in [0.2, 0.25) is 5.91 Å². The number of carbonyl (C=O) groups excluding carboxylic acids is 1. The van der Waals surface area contributed by atoms with Gasteiger partial charge in [0, 0.05) is 10.7 Å². The molecule has 1 aromatic rings. The quantitative estimate of drug-likeness (QED) is 0.857. The van der Waals surface area contributed by atoms with Gasteiger partial charge < -0.3 is 10.6 Å². The molecular formula is C11H14ClFN2O. The summed E-state index contributed by atoms with van der Waals surface area (Å²) in [6.07, 6.45) is 0. The van der Waals surface area contributed by atoms with Gasteiger partial charge in [-0.05, 0) is 39.1 Å². The van der Waals surface area contributed by atoms with E-state index in [9.17, 15) is 9.18 Å². The van der Waals surface area contributed by atoms with Crippen LogP contribution in [0.15, 0.2) is 18.2 Å². The highest BCUT2D eigenvalue weighted by molar-refractivity contribution is 6.30. The Bertz CT molecular complexity index is 387. The van der Waals surface area contributed by atoms with Crippen molar-refractivity contribution < 1.29 is 9.18 Å². The summed E-state index contributed by atoms with van der Waals surface area (Å²) in [6, 6.07) is 3.89. The third kappa shape index (κ3) is 3.18. The molecule has 0 bridgehead atoms. The van der Waals surface area contributed by atoms with E-state index in [0.29, 0.717) is 5.69 Å². The highest BCUT2D eigenvalue weighted by atomic mass is 35.5. The van der Waals surface area contributed by atoms with Crippen LogP contribution in [0.1, 0.15) is 13.8 Å². The van der Waals surface area contributed by atoms with Crippen LogP contribution in [0.2, 0.25) is 5.02 Å². The first-order valence-electron chi connectivity index (χ1n) is 4.81. The molecule has 1 aromatic carbocycles. The van der Waals surface area contributed by atoms with Crippen molar-refractivity contribution in [2.45, 2.75) is 19.4 Å². The predicted molar refractivity (Wildman–Crippen MR) is 63.2 cm³/mol. The second-order valence-electron chi connectivity index (χ2n) is 3.99. The molecule has 5 heteroatoms. The number of hydrogen-bond acceptors (Lipinski definition) is 2. The third-order valence-corrected chi connectivity index (χ3v) is 2.53. The van der Waals surface area contributed by atoms with Crippen molar-refractivity contribution in [3.05, 3.63) is 29.0 Å². The van der Waals surface area contributed by atoms with Crippen molar-refractivity contribution >= 4 is 23.2 Å². The molecule has 0 atom stereocenters. The Morgan fingerprint density at radius 1 is 1.38 bits per heavy atom. The largest absolute Gasteiger partial charge is 0.324 e. The first-order chi connectivity index (χ1) is 7.35. The van der Waals surface area contributed by atoms with E-state index in [2.05, 4.69) is 10.6 Å². The highest BCUT2D eigenvalue weighted by Crippen LogP contribution is 2.19. The number of anilines is 1. The van der Waals surface area contributed by atoms with Crippen molar-refractivity contribution in [2.75, 3.05) is 12.4 Å². The Kier molecular flexibility index (Phi) is 3.88. The fourth-order valence-electron chi connectivity index (χ4n) is 1.03. The van der Waals surface area contributed by atoms with E-state index < -0.39 is 11.4 Å². The topological polar surface area (TPSA) is 41.1 Å². The molecule has 0 aromatic heterocycles. The zero-order valence-electron chi connectivity index (χ0n) is 9.40. The molecule has 3 nitrogen and oxygen atoms in total. The molecule has 0 unspecified atom stereocenters.